The normalized spacial score (nSPS) is 16.1. The molecule has 1 aliphatic rings. The van der Waals surface area contributed by atoms with Crippen LogP contribution in [0.25, 0.3) is 0 Å². The second-order valence-electron chi connectivity index (χ2n) is 4.37. The van der Waals surface area contributed by atoms with Crippen molar-refractivity contribution in [3.63, 3.8) is 0 Å². The van der Waals surface area contributed by atoms with E-state index in [2.05, 4.69) is 25.8 Å². The minimum atomic E-state index is -0.0528. The Labute approximate surface area is 121 Å². The molecule has 1 aromatic heterocycles. The van der Waals surface area contributed by atoms with Gasteiger partial charge in [-0.2, -0.15) is 5.26 Å². The number of halogens is 1. The molecule has 0 bridgehead atoms. The van der Waals surface area contributed by atoms with Crippen LogP contribution in [0.3, 0.4) is 0 Å². The molecule has 1 amide bonds. The summed E-state index contributed by atoms with van der Waals surface area (Å²) in [6.45, 7) is 4.26. The lowest BCUT2D eigenvalue weighted by atomic mass is 10.2. The molecule has 0 unspecified atom stereocenters. The maximum atomic E-state index is 12.2. The molecule has 1 fully saturated rings. The number of hydrogen-bond acceptors (Lipinski definition) is 4. The molecule has 0 N–H and O–H groups in total. The average Bonchev–Trinajstić information content (AvgIpc) is 2.48. The van der Waals surface area contributed by atoms with Crippen LogP contribution in [0.4, 0.5) is 0 Å². The average molecular weight is 323 g/mol. The topological polar surface area (TPSA) is 60.2 Å². The summed E-state index contributed by atoms with van der Waals surface area (Å²) in [7, 11) is 0. The number of amides is 1. The fourth-order valence-electron chi connectivity index (χ4n) is 2.04. The zero-order valence-corrected chi connectivity index (χ0v) is 12.1. The van der Waals surface area contributed by atoms with Crippen molar-refractivity contribution in [1.29, 1.82) is 5.26 Å². The van der Waals surface area contributed by atoms with Crippen LogP contribution in [-0.2, 0) is 0 Å². The van der Waals surface area contributed by atoms with E-state index in [0.29, 0.717) is 11.3 Å². The van der Waals surface area contributed by atoms with Crippen molar-refractivity contribution >= 4 is 21.8 Å². The van der Waals surface area contributed by atoms with E-state index in [1.807, 2.05) is 11.0 Å². The molecule has 0 spiro atoms. The number of carbonyl (C=O) groups is 1. The van der Waals surface area contributed by atoms with Gasteiger partial charge in [-0.25, -0.2) is 4.98 Å². The van der Waals surface area contributed by atoms with Crippen molar-refractivity contribution in [3.05, 3.63) is 29.6 Å². The molecule has 0 atom stereocenters. The van der Waals surface area contributed by atoms with Gasteiger partial charge < -0.3 is 4.90 Å². The van der Waals surface area contributed by atoms with Gasteiger partial charge in [0.05, 0.1) is 5.56 Å². The zero-order valence-electron chi connectivity index (χ0n) is 10.5. The summed E-state index contributed by atoms with van der Waals surface area (Å²) in [6.07, 6.45) is 1.44. The van der Waals surface area contributed by atoms with E-state index in [9.17, 15) is 4.79 Å². The molecule has 0 aliphatic carbocycles. The minimum Gasteiger partial charge on any atom is -0.335 e. The first-order valence-electron chi connectivity index (χ1n) is 6.18. The van der Waals surface area contributed by atoms with Crippen molar-refractivity contribution in [2.24, 2.45) is 0 Å². The lowest BCUT2D eigenvalue weighted by Crippen LogP contribution is -2.49. The number of pyridine rings is 1. The van der Waals surface area contributed by atoms with Crippen LogP contribution in [0.5, 0.6) is 0 Å². The number of rotatable bonds is 3. The largest absolute Gasteiger partial charge is 0.335 e. The maximum absolute atomic E-state index is 12.2. The summed E-state index contributed by atoms with van der Waals surface area (Å²) in [5, 5.41) is 9.66. The summed E-state index contributed by atoms with van der Waals surface area (Å²) in [5.41, 5.74) is 0.881. The number of piperazine rings is 1. The van der Waals surface area contributed by atoms with Crippen LogP contribution in [0.15, 0.2) is 18.3 Å². The number of carbonyl (C=O) groups excluding carboxylic acids is 1. The highest BCUT2D eigenvalue weighted by Crippen LogP contribution is 2.08. The van der Waals surface area contributed by atoms with Crippen molar-refractivity contribution in [2.75, 3.05) is 38.1 Å². The Morgan fingerprint density at radius 3 is 2.63 bits per heavy atom. The van der Waals surface area contributed by atoms with Gasteiger partial charge in [0.1, 0.15) is 11.8 Å². The van der Waals surface area contributed by atoms with E-state index in [-0.39, 0.29) is 5.91 Å². The van der Waals surface area contributed by atoms with E-state index in [0.717, 1.165) is 38.1 Å². The third-order valence-electron chi connectivity index (χ3n) is 3.17. The smallest absolute Gasteiger partial charge is 0.272 e. The summed E-state index contributed by atoms with van der Waals surface area (Å²) in [6, 6.07) is 5.24. The van der Waals surface area contributed by atoms with Gasteiger partial charge in [-0.3, -0.25) is 9.69 Å². The van der Waals surface area contributed by atoms with Crippen molar-refractivity contribution in [1.82, 2.24) is 14.8 Å². The molecule has 1 aromatic rings. The van der Waals surface area contributed by atoms with Gasteiger partial charge in [0.15, 0.2) is 0 Å². The van der Waals surface area contributed by atoms with Gasteiger partial charge in [0.2, 0.25) is 0 Å². The lowest BCUT2D eigenvalue weighted by Gasteiger charge is -2.34. The van der Waals surface area contributed by atoms with Crippen molar-refractivity contribution < 1.29 is 4.79 Å². The van der Waals surface area contributed by atoms with Gasteiger partial charge in [-0.05, 0) is 12.1 Å². The second kappa shape index (κ2) is 6.64. The van der Waals surface area contributed by atoms with Crippen LogP contribution in [0.1, 0.15) is 16.1 Å². The summed E-state index contributed by atoms with van der Waals surface area (Å²) < 4.78 is 0. The molecule has 1 saturated heterocycles. The van der Waals surface area contributed by atoms with Crippen LogP contribution < -0.4 is 0 Å². The highest BCUT2D eigenvalue weighted by atomic mass is 79.9. The van der Waals surface area contributed by atoms with E-state index in [1.165, 1.54) is 6.20 Å². The molecule has 2 rings (SSSR count). The Kier molecular flexibility index (Phi) is 4.88. The molecule has 100 valence electrons. The molecule has 0 radical (unpaired) electrons. The van der Waals surface area contributed by atoms with Gasteiger partial charge >= 0.3 is 0 Å². The molecule has 5 nitrogen and oxygen atoms in total. The summed E-state index contributed by atoms with van der Waals surface area (Å²) in [5.74, 6) is -0.0528. The number of alkyl halides is 1. The Morgan fingerprint density at radius 1 is 1.37 bits per heavy atom. The monoisotopic (exact) mass is 322 g/mol. The highest BCUT2D eigenvalue weighted by molar-refractivity contribution is 9.09. The van der Waals surface area contributed by atoms with E-state index >= 15 is 0 Å². The summed E-state index contributed by atoms with van der Waals surface area (Å²) in [4.78, 5) is 20.4. The van der Waals surface area contributed by atoms with E-state index < -0.39 is 0 Å². The number of nitriles is 1. The molecular weight excluding hydrogens is 308 g/mol. The van der Waals surface area contributed by atoms with Gasteiger partial charge in [0, 0.05) is 44.3 Å². The lowest BCUT2D eigenvalue weighted by molar-refractivity contribution is 0.0639. The minimum absolute atomic E-state index is 0.0528. The molecule has 0 aromatic carbocycles. The predicted octanol–water partition coefficient (Wildman–Crippen LogP) is 1.11. The third-order valence-corrected chi connectivity index (χ3v) is 3.53. The van der Waals surface area contributed by atoms with Gasteiger partial charge in [0.25, 0.3) is 5.91 Å². The first-order chi connectivity index (χ1) is 9.24. The standard InChI is InChI=1S/C13H15BrN4O/c14-3-4-17-5-7-18(8-6-17)13(19)12-2-1-11(9-15)10-16-12/h1-2,10H,3-8H2. The molecular formula is C13H15BrN4O. The van der Waals surface area contributed by atoms with Crippen molar-refractivity contribution in [3.8, 4) is 6.07 Å². The van der Waals surface area contributed by atoms with Gasteiger partial charge in [-0.15, -0.1) is 0 Å². The fraction of sp³-hybridized carbons (Fsp3) is 0.462. The van der Waals surface area contributed by atoms with E-state index in [1.54, 1.807) is 12.1 Å². The molecule has 2 heterocycles. The Bertz CT molecular complexity index is 474. The SMILES string of the molecule is N#Cc1ccc(C(=O)N2CCN(CCBr)CC2)nc1. The molecule has 1 aliphatic heterocycles. The van der Waals surface area contributed by atoms with Crippen LogP contribution in [0.2, 0.25) is 0 Å². The predicted molar refractivity (Wildman–Crippen MR) is 75.1 cm³/mol. The highest BCUT2D eigenvalue weighted by Gasteiger charge is 2.22. The first-order valence-corrected chi connectivity index (χ1v) is 7.30. The Hall–Kier alpha value is -1.45. The third kappa shape index (κ3) is 3.52. The van der Waals surface area contributed by atoms with E-state index in [4.69, 9.17) is 5.26 Å². The summed E-state index contributed by atoms with van der Waals surface area (Å²) >= 11 is 3.42. The number of aromatic nitrogens is 1. The Morgan fingerprint density at radius 2 is 2.11 bits per heavy atom. The fourth-order valence-corrected chi connectivity index (χ4v) is 2.54. The second-order valence-corrected chi connectivity index (χ2v) is 5.16. The molecule has 19 heavy (non-hydrogen) atoms. The van der Waals surface area contributed by atoms with Crippen molar-refractivity contribution in [2.45, 2.75) is 0 Å². The van der Waals surface area contributed by atoms with Crippen LogP contribution in [0, 0.1) is 11.3 Å². The quantitative estimate of drug-likeness (QED) is 0.782. The van der Waals surface area contributed by atoms with Crippen LogP contribution in [-0.4, -0.2) is 58.7 Å². The number of hydrogen-bond donors (Lipinski definition) is 0. The first kappa shape index (κ1) is 14.0. The maximum Gasteiger partial charge on any atom is 0.272 e. The molecule has 0 saturated carbocycles. The number of nitrogens with zero attached hydrogens (tertiary/aromatic N) is 4. The van der Waals surface area contributed by atoms with Gasteiger partial charge in [-0.1, -0.05) is 15.9 Å². The zero-order chi connectivity index (χ0) is 13.7. The van der Waals surface area contributed by atoms with Crippen LogP contribution >= 0.6 is 15.9 Å². The Balaban J connectivity index is 1.95. The molecule has 6 heteroatoms.